The second kappa shape index (κ2) is 10.1. The third-order valence-electron chi connectivity index (χ3n) is 6.29. The molecular formula is C25H40N6O. The molecule has 7 heteroatoms. The average Bonchev–Trinajstić information content (AvgIpc) is 2.74. The van der Waals surface area contributed by atoms with Crippen molar-refractivity contribution in [3.05, 3.63) is 46.0 Å². The Labute approximate surface area is 192 Å². The molecule has 1 saturated heterocycles. The number of nitrogens with zero attached hydrogens (tertiary/aromatic N) is 6. The summed E-state index contributed by atoms with van der Waals surface area (Å²) in [5.74, 6) is 2.37. The summed E-state index contributed by atoms with van der Waals surface area (Å²) in [6.07, 6.45) is 3.90. The first-order valence-corrected chi connectivity index (χ1v) is 12.0. The quantitative estimate of drug-likeness (QED) is 0.653. The highest BCUT2D eigenvalue weighted by atomic mass is 16.1. The Balaban J connectivity index is 1.56. The zero-order chi connectivity index (χ0) is 23.5. The number of anilines is 1. The molecule has 2 aromatic rings. The maximum atomic E-state index is 12.0. The molecule has 0 radical (unpaired) electrons. The van der Waals surface area contributed by atoms with E-state index in [4.69, 9.17) is 9.97 Å². The summed E-state index contributed by atoms with van der Waals surface area (Å²) in [7, 11) is 0. The highest BCUT2D eigenvalue weighted by Crippen LogP contribution is 2.26. The zero-order valence-corrected chi connectivity index (χ0v) is 20.9. The first kappa shape index (κ1) is 24.4. The second-order valence-corrected chi connectivity index (χ2v) is 10.4. The van der Waals surface area contributed by atoms with E-state index in [1.54, 1.807) is 4.57 Å². The predicted molar refractivity (Wildman–Crippen MR) is 131 cm³/mol. The fraction of sp³-hybridized carbons (Fsp3) is 0.680. The van der Waals surface area contributed by atoms with Crippen LogP contribution in [0.4, 0.5) is 5.82 Å². The molecule has 0 bridgehead atoms. The average molecular weight is 441 g/mol. The van der Waals surface area contributed by atoms with Gasteiger partial charge in [-0.2, -0.15) is 4.98 Å². The van der Waals surface area contributed by atoms with E-state index in [1.807, 2.05) is 19.2 Å². The van der Waals surface area contributed by atoms with Crippen molar-refractivity contribution in [1.82, 2.24) is 24.4 Å². The maximum absolute atomic E-state index is 12.0. The van der Waals surface area contributed by atoms with Crippen LogP contribution in [0, 0.1) is 6.92 Å². The van der Waals surface area contributed by atoms with Gasteiger partial charge in [0.2, 0.25) is 0 Å². The van der Waals surface area contributed by atoms with Crippen molar-refractivity contribution in [3.8, 4) is 0 Å². The van der Waals surface area contributed by atoms with Gasteiger partial charge in [-0.05, 0) is 38.7 Å². The van der Waals surface area contributed by atoms with Crippen LogP contribution in [0.2, 0.25) is 0 Å². The normalized spacial score (nSPS) is 16.6. The van der Waals surface area contributed by atoms with Crippen LogP contribution in [0.3, 0.4) is 0 Å². The van der Waals surface area contributed by atoms with E-state index < -0.39 is 0 Å². The van der Waals surface area contributed by atoms with Crippen molar-refractivity contribution < 1.29 is 0 Å². The van der Waals surface area contributed by atoms with Crippen LogP contribution in [0.1, 0.15) is 77.5 Å². The lowest BCUT2D eigenvalue weighted by atomic mass is 9.95. The Bertz CT molecular complexity index is 954. The van der Waals surface area contributed by atoms with Gasteiger partial charge in [0.25, 0.3) is 0 Å². The molecule has 0 spiro atoms. The van der Waals surface area contributed by atoms with Gasteiger partial charge in [-0.3, -0.25) is 9.47 Å². The van der Waals surface area contributed by atoms with E-state index in [0.717, 1.165) is 68.6 Å². The molecule has 3 heterocycles. The molecule has 1 atom stereocenters. The second-order valence-electron chi connectivity index (χ2n) is 10.4. The summed E-state index contributed by atoms with van der Waals surface area (Å²) in [4.78, 5) is 30.7. The Kier molecular flexibility index (Phi) is 7.70. The number of aromatic nitrogens is 4. The highest BCUT2D eigenvalue weighted by Gasteiger charge is 2.25. The summed E-state index contributed by atoms with van der Waals surface area (Å²) in [6.45, 7) is 19.8. The third kappa shape index (κ3) is 6.15. The fourth-order valence-electron chi connectivity index (χ4n) is 4.06. The fourth-order valence-corrected chi connectivity index (χ4v) is 4.06. The molecule has 0 N–H and O–H groups in total. The largest absolute Gasteiger partial charge is 0.354 e. The lowest BCUT2D eigenvalue weighted by Crippen LogP contribution is -2.50. The predicted octanol–water partition coefficient (Wildman–Crippen LogP) is 3.75. The third-order valence-corrected chi connectivity index (χ3v) is 6.29. The van der Waals surface area contributed by atoms with E-state index in [1.165, 1.54) is 0 Å². The van der Waals surface area contributed by atoms with Crippen LogP contribution in [0.5, 0.6) is 0 Å². The van der Waals surface area contributed by atoms with Gasteiger partial charge in [0.05, 0.1) is 0 Å². The van der Waals surface area contributed by atoms with Crippen LogP contribution in [-0.2, 0) is 12.0 Å². The van der Waals surface area contributed by atoms with Gasteiger partial charge in [-0.1, -0.05) is 34.6 Å². The summed E-state index contributed by atoms with van der Waals surface area (Å²) in [5, 5.41) is 0. The first-order chi connectivity index (χ1) is 15.0. The molecular weight excluding hydrogens is 400 g/mol. The number of hydrogen-bond acceptors (Lipinski definition) is 6. The van der Waals surface area contributed by atoms with E-state index in [0.29, 0.717) is 12.0 Å². The van der Waals surface area contributed by atoms with Crippen LogP contribution >= 0.6 is 0 Å². The van der Waals surface area contributed by atoms with E-state index in [-0.39, 0.29) is 11.1 Å². The highest BCUT2D eigenvalue weighted by molar-refractivity contribution is 5.42. The molecule has 32 heavy (non-hydrogen) atoms. The SMILES string of the molecule is Cc1ccn(CCCC(C)N2CCN(c3cc(C(C)C)nc(C(C)(C)C)n3)CC2)c(=O)n1. The Morgan fingerprint density at radius 1 is 1.03 bits per heavy atom. The molecule has 1 aliphatic heterocycles. The van der Waals surface area contributed by atoms with Crippen molar-refractivity contribution >= 4 is 5.82 Å². The number of piperazine rings is 1. The van der Waals surface area contributed by atoms with Crippen LogP contribution < -0.4 is 10.6 Å². The van der Waals surface area contributed by atoms with Crippen LogP contribution in [0.15, 0.2) is 23.1 Å². The minimum atomic E-state index is -0.147. The molecule has 3 rings (SSSR count). The molecule has 7 nitrogen and oxygen atoms in total. The van der Waals surface area contributed by atoms with Crippen LogP contribution in [-0.4, -0.2) is 56.6 Å². The molecule has 0 saturated carbocycles. The summed E-state index contributed by atoms with van der Waals surface area (Å²) >= 11 is 0. The topological polar surface area (TPSA) is 67.2 Å². The standard InChI is InChI=1S/C25H40N6O/c1-18(2)21-17-22(28-23(27-21)25(5,6)7)30-15-13-29(14-16-30)20(4)9-8-11-31-12-10-19(3)26-24(31)32/h10,12,17-18,20H,8-9,11,13-16H2,1-7H3. The minimum absolute atomic E-state index is 0.0646. The summed E-state index contributed by atoms with van der Waals surface area (Å²) in [6, 6.07) is 4.56. The summed E-state index contributed by atoms with van der Waals surface area (Å²) in [5.41, 5.74) is 1.68. The smallest absolute Gasteiger partial charge is 0.347 e. The van der Waals surface area contributed by atoms with E-state index >= 15 is 0 Å². The maximum Gasteiger partial charge on any atom is 0.347 e. The van der Waals surface area contributed by atoms with Crippen molar-refractivity contribution in [2.24, 2.45) is 0 Å². The Morgan fingerprint density at radius 3 is 2.31 bits per heavy atom. The molecule has 1 aliphatic rings. The molecule has 1 unspecified atom stereocenters. The van der Waals surface area contributed by atoms with E-state index in [9.17, 15) is 4.79 Å². The first-order valence-electron chi connectivity index (χ1n) is 12.0. The zero-order valence-electron chi connectivity index (χ0n) is 20.9. The van der Waals surface area contributed by atoms with Crippen LogP contribution in [0.25, 0.3) is 0 Å². The van der Waals surface area contributed by atoms with Gasteiger partial charge < -0.3 is 4.90 Å². The van der Waals surface area contributed by atoms with Gasteiger partial charge in [0.1, 0.15) is 11.6 Å². The molecule has 1 fully saturated rings. The minimum Gasteiger partial charge on any atom is -0.354 e. The lowest BCUT2D eigenvalue weighted by molar-refractivity contribution is 0.184. The van der Waals surface area contributed by atoms with Crippen molar-refractivity contribution in [1.29, 1.82) is 0 Å². The lowest BCUT2D eigenvalue weighted by Gasteiger charge is -2.39. The molecule has 176 valence electrons. The van der Waals surface area contributed by atoms with Crippen molar-refractivity contribution in [2.75, 3.05) is 31.1 Å². The van der Waals surface area contributed by atoms with E-state index in [2.05, 4.69) is 62.4 Å². The van der Waals surface area contributed by atoms with Gasteiger partial charge in [0, 0.05) is 67.8 Å². The Morgan fingerprint density at radius 2 is 1.72 bits per heavy atom. The molecule has 2 aromatic heterocycles. The molecule has 0 amide bonds. The molecule has 0 aliphatic carbocycles. The monoisotopic (exact) mass is 440 g/mol. The summed E-state index contributed by atoms with van der Waals surface area (Å²) < 4.78 is 1.71. The van der Waals surface area contributed by atoms with Crippen molar-refractivity contribution in [3.63, 3.8) is 0 Å². The Hall–Kier alpha value is -2.28. The molecule has 0 aromatic carbocycles. The number of rotatable bonds is 7. The number of hydrogen-bond donors (Lipinski definition) is 0. The number of aryl methyl sites for hydroxylation is 2. The van der Waals surface area contributed by atoms with Gasteiger partial charge in [0.15, 0.2) is 0 Å². The van der Waals surface area contributed by atoms with Gasteiger partial charge in [-0.15, -0.1) is 0 Å². The van der Waals surface area contributed by atoms with Gasteiger partial charge in [-0.25, -0.2) is 14.8 Å². The van der Waals surface area contributed by atoms with Crippen molar-refractivity contribution in [2.45, 2.75) is 85.2 Å². The van der Waals surface area contributed by atoms with Gasteiger partial charge >= 0.3 is 5.69 Å².